The molecule has 0 amide bonds. The first-order valence-electron chi connectivity index (χ1n) is 6.48. The van der Waals surface area contributed by atoms with Gasteiger partial charge >= 0.3 is 0 Å². The Labute approximate surface area is 130 Å². The number of nitro groups is 1. The Kier molecular flexibility index (Phi) is 5.30. The van der Waals surface area contributed by atoms with Gasteiger partial charge in [0.05, 0.1) is 10.6 Å². The van der Waals surface area contributed by atoms with E-state index in [4.69, 9.17) is 0 Å². The van der Waals surface area contributed by atoms with Crippen molar-refractivity contribution in [2.75, 3.05) is 0 Å². The summed E-state index contributed by atoms with van der Waals surface area (Å²) in [6.45, 7) is 7.31. The van der Waals surface area contributed by atoms with Crippen molar-refractivity contribution >= 4 is 22.8 Å². The zero-order valence-corrected chi connectivity index (χ0v) is 13.8. The SMILES string of the molecule is CC(=N[S+]([O-])C(C)(C)C)c1cc([N+](=O)[O-])cc(C(C)(F)F)c1. The van der Waals surface area contributed by atoms with E-state index in [0.29, 0.717) is 6.92 Å². The summed E-state index contributed by atoms with van der Waals surface area (Å²) in [4.78, 5) is 10.2. The van der Waals surface area contributed by atoms with E-state index in [9.17, 15) is 23.4 Å². The zero-order chi connectivity index (χ0) is 17.3. The lowest BCUT2D eigenvalue weighted by Crippen LogP contribution is -2.26. The van der Waals surface area contributed by atoms with Crippen LogP contribution in [0.25, 0.3) is 0 Å². The molecule has 5 nitrogen and oxygen atoms in total. The predicted molar refractivity (Wildman–Crippen MR) is 82.8 cm³/mol. The summed E-state index contributed by atoms with van der Waals surface area (Å²) in [6.07, 6.45) is 0. The molecule has 0 aliphatic heterocycles. The fraction of sp³-hybridized carbons (Fsp3) is 0.500. The van der Waals surface area contributed by atoms with Crippen molar-refractivity contribution in [3.63, 3.8) is 0 Å². The topological polar surface area (TPSA) is 78.6 Å². The van der Waals surface area contributed by atoms with Crippen molar-refractivity contribution in [1.29, 1.82) is 0 Å². The van der Waals surface area contributed by atoms with Crippen molar-refractivity contribution in [1.82, 2.24) is 0 Å². The molecule has 1 aromatic rings. The Hall–Kier alpha value is -1.54. The Bertz CT molecular complexity index is 607. The van der Waals surface area contributed by atoms with E-state index in [1.54, 1.807) is 20.8 Å². The molecule has 0 saturated heterocycles. The van der Waals surface area contributed by atoms with Crippen LogP contribution in [0.3, 0.4) is 0 Å². The number of hydrogen-bond acceptors (Lipinski definition) is 4. The Balaban J connectivity index is 3.38. The van der Waals surface area contributed by atoms with Gasteiger partial charge in [0.25, 0.3) is 11.6 Å². The van der Waals surface area contributed by atoms with Gasteiger partial charge < -0.3 is 4.55 Å². The maximum absolute atomic E-state index is 13.5. The molecule has 0 heterocycles. The second-order valence-electron chi connectivity index (χ2n) is 5.95. The van der Waals surface area contributed by atoms with Gasteiger partial charge in [-0.1, -0.05) is 4.40 Å². The largest absolute Gasteiger partial charge is 0.591 e. The van der Waals surface area contributed by atoms with Gasteiger partial charge in [0, 0.05) is 30.2 Å². The summed E-state index contributed by atoms with van der Waals surface area (Å²) in [5.74, 6) is -3.22. The van der Waals surface area contributed by atoms with Crippen molar-refractivity contribution in [3.05, 3.63) is 39.4 Å². The smallest absolute Gasteiger partial charge is 0.270 e. The molecule has 8 heteroatoms. The van der Waals surface area contributed by atoms with Gasteiger partial charge in [0.1, 0.15) is 16.1 Å². The Morgan fingerprint density at radius 2 is 1.77 bits per heavy atom. The van der Waals surface area contributed by atoms with Gasteiger partial charge in [-0.2, -0.15) is 0 Å². The summed E-state index contributed by atoms with van der Waals surface area (Å²) in [5, 5.41) is 10.9. The lowest BCUT2D eigenvalue weighted by Gasteiger charge is -2.19. The number of alkyl halides is 2. The van der Waals surface area contributed by atoms with Crippen molar-refractivity contribution < 1.29 is 18.3 Å². The summed E-state index contributed by atoms with van der Waals surface area (Å²) in [5.41, 5.74) is -0.566. The van der Waals surface area contributed by atoms with Crippen LogP contribution in [-0.4, -0.2) is 19.9 Å². The Morgan fingerprint density at radius 1 is 1.23 bits per heavy atom. The first-order chi connectivity index (χ1) is 9.82. The van der Waals surface area contributed by atoms with Gasteiger partial charge in [0.15, 0.2) is 0 Å². The van der Waals surface area contributed by atoms with Gasteiger partial charge in [0.2, 0.25) is 0 Å². The van der Waals surface area contributed by atoms with Crippen molar-refractivity contribution in [2.24, 2.45) is 4.40 Å². The molecule has 1 aromatic carbocycles. The van der Waals surface area contributed by atoms with E-state index < -0.39 is 38.2 Å². The van der Waals surface area contributed by atoms with E-state index in [1.165, 1.54) is 6.92 Å². The first-order valence-corrected chi connectivity index (χ1v) is 7.58. The second kappa shape index (κ2) is 6.29. The minimum atomic E-state index is -3.22. The van der Waals surface area contributed by atoms with Crippen LogP contribution >= 0.6 is 0 Å². The molecule has 0 aliphatic rings. The van der Waals surface area contributed by atoms with Crippen LogP contribution in [0.2, 0.25) is 0 Å². The van der Waals surface area contributed by atoms with E-state index in [1.807, 2.05) is 0 Å². The molecule has 0 fully saturated rings. The quantitative estimate of drug-likeness (QED) is 0.362. The van der Waals surface area contributed by atoms with Crippen LogP contribution in [0.4, 0.5) is 14.5 Å². The van der Waals surface area contributed by atoms with E-state index in [-0.39, 0.29) is 11.3 Å². The highest BCUT2D eigenvalue weighted by molar-refractivity contribution is 7.91. The standard InChI is InChI=1S/C14H18F2N2O3S/c1-9(17-22(21)13(2,3)4)10-6-11(14(5,15)16)8-12(7-10)18(19)20/h6-8H,1-5H3. The summed E-state index contributed by atoms with van der Waals surface area (Å²) >= 11 is -1.58. The summed E-state index contributed by atoms with van der Waals surface area (Å²) in [7, 11) is 0. The van der Waals surface area contributed by atoms with Gasteiger partial charge in [-0.25, -0.2) is 8.78 Å². The zero-order valence-electron chi connectivity index (χ0n) is 13.0. The van der Waals surface area contributed by atoms with Crippen LogP contribution in [0.15, 0.2) is 22.6 Å². The fourth-order valence-corrected chi connectivity index (χ4v) is 2.12. The highest BCUT2D eigenvalue weighted by Crippen LogP contribution is 2.31. The van der Waals surface area contributed by atoms with Crippen LogP contribution in [0, 0.1) is 10.1 Å². The molecule has 0 aromatic heterocycles. The molecular formula is C14H18F2N2O3S. The molecule has 1 rings (SSSR count). The van der Waals surface area contributed by atoms with Crippen LogP contribution < -0.4 is 0 Å². The molecule has 0 saturated carbocycles. The third-order valence-electron chi connectivity index (χ3n) is 2.80. The normalized spacial score (nSPS) is 14.8. The number of nitrogens with zero attached hydrogens (tertiary/aromatic N) is 2. The fourth-order valence-electron chi connectivity index (χ4n) is 1.49. The molecule has 0 aliphatic carbocycles. The number of nitro benzene ring substituents is 1. The lowest BCUT2D eigenvalue weighted by molar-refractivity contribution is -0.385. The van der Waals surface area contributed by atoms with E-state index >= 15 is 0 Å². The molecule has 1 unspecified atom stereocenters. The van der Waals surface area contributed by atoms with Crippen LogP contribution in [-0.2, 0) is 17.3 Å². The predicted octanol–water partition coefficient (Wildman–Crippen LogP) is 3.98. The third-order valence-corrected chi connectivity index (χ3v) is 4.28. The summed E-state index contributed by atoms with van der Waals surface area (Å²) < 4.78 is 42.3. The van der Waals surface area contributed by atoms with Crippen molar-refractivity contribution in [3.8, 4) is 0 Å². The molecule has 22 heavy (non-hydrogen) atoms. The molecular weight excluding hydrogens is 314 g/mol. The van der Waals surface area contributed by atoms with Gasteiger partial charge in [-0.05, 0) is 33.8 Å². The number of halogens is 2. The average molecular weight is 332 g/mol. The molecule has 0 N–H and O–H groups in total. The van der Waals surface area contributed by atoms with E-state index in [0.717, 1.165) is 18.2 Å². The number of rotatable bonds is 4. The molecule has 1 atom stereocenters. The number of non-ortho nitro benzene ring substituents is 1. The van der Waals surface area contributed by atoms with Crippen molar-refractivity contribution in [2.45, 2.75) is 45.3 Å². The molecule has 0 bridgehead atoms. The lowest BCUT2D eigenvalue weighted by atomic mass is 10.0. The molecule has 0 radical (unpaired) electrons. The first kappa shape index (κ1) is 18.5. The number of hydrogen-bond donors (Lipinski definition) is 0. The highest BCUT2D eigenvalue weighted by Gasteiger charge is 2.29. The number of benzene rings is 1. The maximum Gasteiger partial charge on any atom is 0.270 e. The summed E-state index contributed by atoms with van der Waals surface area (Å²) in [6, 6.07) is 3.11. The van der Waals surface area contributed by atoms with Crippen LogP contribution in [0.5, 0.6) is 0 Å². The second-order valence-corrected chi connectivity index (χ2v) is 7.86. The third kappa shape index (κ3) is 4.74. The van der Waals surface area contributed by atoms with Crippen LogP contribution in [0.1, 0.15) is 45.7 Å². The average Bonchev–Trinajstić information content (AvgIpc) is 2.35. The molecule has 0 spiro atoms. The van der Waals surface area contributed by atoms with E-state index in [2.05, 4.69) is 4.40 Å². The van der Waals surface area contributed by atoms with Gasteiger partial charge in [-0.3, -0.25) is 10.1 Å². The Morgan fingerprint density at radius 3 is 2.18 bits per heavy atom. The maximum atomic E-state index is 13.5. The van der Waals surface area contributed by atoms with Gasteiger partial charge in [-0.15, -0.1) is 0 Å². The monoisotopic (exact) mass is 332 g/mol. The minimum absolute atomic E-state index is 0.156. The highest BCUT2D eigenvalue weighted by atomic mass is 32.2. The molecule has 122 valence electrons. The minimum Gasteiger partial charge on any atom is -0.591 e.